The molecule has 1 N–H and O–H groups in total. The van der Waals surface area contributed by atoms with Crippen LogP contribution in [0.2, 0.25) is 0 Å². The van der Waals surface area contributed by atoms with Gasteiger partial charge in [0.2, 0.25) is 0 Å². The maximum Gasteiger partial charge on any atom is 0.128 e. The van der Waals surface area contributed by atoms with Crippen LogP contribution in [-0.4, -0.2) is 7.11 Å². The number of halogens is 1. The Morgan fingerprint density at radius 1 is 1.21 bits per heavy atom. The molecule has 0 bridgehead atoms. The van der Waals surface area contributed by atoms with E-state index in [-0.39, 0.29) is 11.9 Å². The van der Waals surface area contributed by atoms with Crippen molar-refractivity contribution in [3.8, 4) is 5.75 Å². The van der Waals surface area contributed by atoms with Crippen LogP contribution in [0.3, 0.4) is 0 Å². The summed E-state index contributed by atoms with van der Waals surface area (Å²) in [5.74, 6) is 0.705. The van der Waals surface area contributed by atoms with Gasteiger partial charge >= 0.3 is 0 Å². The molecule has 98 valence electrons. The Morgan fingerprint density at radius 3 is 2.74 bits per heavy atom. The number of hydrogen-bond donors (Lipinski definition) is 1. The third-order valence-electron chi connectivity index (χ3n) is 3.71. The summed E-state index contributed by atoms with van der Waals surface area (Å²) < 4.78 is 19.3. The number of rotatable bonds is 2. The first-order valence-corrected chi connectivity index (χ1v) is 6.38. The topological polar surface area (TPSA) is 21.3 Å². The summed E-state index contributed by atoms with van der Waals surface area (Å²) in [5.41, 5.74) is 3.85. The van der Waals surface area contributed by atoms with Gasteiger partial charge in [0, 0.05) is 23.2 Å². The van der Waals surface area contributed by atoms with E-state index in [1.165, 1.54) is 0 Å². The Labute approximate surface area is 112 Å². The number of hydrogen-bond acceptors (Lipinski definition) is 2. The average Bonchev–Trinajstić information content (AvgIpc) is 2.89. The molecule has 0 saturated heterocycles. The lowest BCUT2D eigenvalue weighted by Crippen LogP contribution is -2.07. The Balaban J connectivity index is 2.00. The number of nitrogens with one attached hydrogen (secondary N) is 1. The van der Waals surface area contributed by atoms with Crippen LogP contribution in [0.25, 0.3) is 0 Å². The predicted molar refractivity (Wildman–Crippen MR) is 74.2 cm³/mol. The van der Waals surface area contributed by atoms with Crippen LogP contribution in [0.15, 0.2) is 36.4 Å². The molecule has 19 heavy (non-hydrogen) atoms. The fraction of sp³-hybridized carbons (Fsp3) is 0.250. The van der Waals surface area contributed by atoms with Gasteiger partial charge in [-0.25, -0.2) is 4.39 Å². The third kappa shape index (κ3) is 1.95. The molecule has 1 aliphatic rings. The minimum Gasteiger partial charge on any atom is -0.496 e. The summed E-state index contributed by atoms with van der Waals surface area (Å²) in [6, 6.07) is 11.3. The highest BCUT2D eigenvalue weighted by molar-refractivity contribution is 5.64. The van der Waals surface area contributed by atoms with Crippen molar-refractivity contribution in [3.63, 3.8) is 0 Å². The molecule has 1 heterocycles. The zero-order valence-corrected chi connectivity index (χ0v) is 11.0. The molecule has 0 radical (unpaired) electrons. The molecule has 1 unspecified atom stereocenters. The molecule has 3 heteroatoms. The van der Waals surface area contributed by atoms with Gasteiger partial charge in [-0.3, -0.25) is 0 Å². The molecule has 2 aromatic carbocycles. The Bertz CT molecular complexity index is 593. The summed E-state index contributed by atoms with van der Waals surface area (Å²) in [7, 11) is 1.66. The summed E-state index contributed by atoms with van der Waals surface area (Å²) in [5, 5.41) is 3.41. The summed E-state index contributed by atoms with van der Waals surface area (Å²) in [6.07, 6.45) is 0.656. The molecule has 2 aromatic rings. The van der Waals surface area contributed by atoms with E-state index in [0.717, 1.165) is 28.1 Å². The van der Waals surface area contributed by atoms with E-state index in [1.54, 1.807) is 13.2 Å². The zero-order chi connectivity index (χ0) is 13.4. The minimum atomic E-state index is -0.134. The Morgan fingerprint density at radius 2 is 2.00 bits per heavy atom. The second kappa shape index (κ2) is 4.57. The van der Waals surface area contributed by atoms with Crippen molar-refractivity contribution < 1.29 is 9.13 Å². The molecule has 0 saturated carbocycles. The monoisotopic (exact) mass is 257 g/mol. The smallest absolute Gasteiger partial charge is 0.128 e. The van der Waals surface area contributed by atoms with Crippen LogP contribution < -0.4 is 10.1 Å². The fourth-order valence-electron chi connectivity index (χ4n) is 2.71. The van der Waals surface area contributed by atoms with E-state index in [0.29, 0.717) is 6.42 Å². The SMILES string of the molecule is COc1ccccc1C1Cc2c(F)ccc(C)c2N1. The molecular weight excluding hydrogens is 241 g/mol. The van der Waals surface area contributed by atoms with Crippen molar-refractivity contribution in [1.29, 1.82) is 0 Å². The molecule has 0 amide bonds. The van der Waals surface area contributed by atoms with Crippen molar-refractivity contribution in [2.24, 2.45) is 0 Å². The number of fused-ring (bicyclic) bond motifs is 1. The van der Waals surface area contributed by atoms with Gasteiger partial charge in [-0.05, 0) is 24.6 Å². The van der Waals surface area contributed by atoms with E-state index in [1.807, 2.05) is 37.3 Å². The van der Waals surface area contributed by atoms with Gasteiger partial charge in [-0.15, -0.1) is 0 Å². The number of anilines is 1. The van der Waals surface area contributed by atoms with Crippen LogP contribution >= 0.6 is 0 Å². The summed E-state index contributed by atoms with van der Waals surface area (Å²) in [4.78, 5) is 0. The number of methoxy groups -OCH3 is 1. The normalized spacial score (nSPS) is 16.9. The average molecular weight is 257 g/mol. The van der Waals surface area contributed by atoms with E-state index in [9.17, 15) is 4.39 Å². The lowest BCUT2D eigenvalue weighted by atomic mass is 10.0. The van der Waals surface area contributed by atoms with E-state index < -0.39 is 0 Å². The Hall–Kier alpha value is -2.03. The molecule has 1 aliphatic heterocycles. The lowest BCUT2D eigenvalue weighted by molar-refractivity contribution is 0.407. The second-order valence-corrected chi connectivity index (χ2v) is 4.86. The van der Waals surface area contributed by atoms with Crippen LogP contribution in [-0.2, 0) is 6.42 Å². The molecule has 0 spiro atoms. The van der Waals surface area contributed by atoms with Gasteiger partial charge < -0.3 is 10.1 Å². The zero-order valence-electron chi connectivity index (χ0n) is 11.0. The van der Waals surface area contributed by atoms with Crippen LogP contribution in [0.4, 0.5) is 10.1 Å². The van der Waals surface area contributed by atoms with Gasteiger partial charge in [-0.2, -0.15) is 0 Å². The van der Waals surface area contributed by atoms with Gasteiger partial charge in [0.05, 0.1) is 13.2 Å². The van der Waals surface area contributed by atoms with Gasteiger partial charge in [0.1, 0.15) is 11.6 Å². The maximum absolute atomic E-state index is 13.9. The molecule has 1 atom stereocenters. The minimum absolute atomic E-state index is 0.0711. The number of benzene rings is 2. The highest BCUT2D eigenvalue weighted by Crippen LogP contribution is 2.40. The highest BCUT2D eigenvalue weighted by atomic mass is 19.1. The molecule has 0 aliphatic carbocycles. The van der Waals surface area contributed by atoms with Crippen molar-refractivity contribution in [3.05, 3.63) is 58.9 Å². The molecule has 0 aromatic heterocycles. The summed E-state index contributed by atoms with van der Waals surface area (Å²) >= 11 is 0. The molecular formula is C16H16FNO. The number of aryl methyl sites for hydroxylation is 1. The van der Waals surface area contributed by atoms with Crippen molar-refractivity contribution in [1.82, 2.24) is 0 Å². The van der Waals surface area contributed by atoms with Gasteiger partial charge in [0.15, 0.2) is 0 Å². The van der Waals surface area contributed by atoms with E-state index in [2.05, 4.69) is 5.32 Å². The van der Waals surface area contributed by atoms with Crippen molar-refractivity contribution in [2.75, 3.05) is 12.4 Å². The largest absolute Gasteiger partial charge is 0.496 e. The van der Waals surface area contributed by atoms with E-state index in [4.69, 9.17) is 4.74 Å². The first-order chi connectivity index (χ1) is 9.20. The van der Waals surface area contributed by atoms with Crippen molar-refractivity contribution >= 4 is 5.69 Å². The number of para-hydroxylation sites is 1. The lowest BCUT2D eigenvalue weighted by Gasteiger charge is -2.15. The first kappa shape index (κ1) is 12.0. The quantitative estimate of drug-likeness (QED) is 0.882. The van der Waals surface area contributed by atoms with Gasteiger partial charge in [-0.1, -0.05) is 24.3 Å². The Kier molecular flexibility index (Phi) is 2.90. The molecule has 0 fully saturated rings. The first-order valence-electron chi connectivity index (χ1n) is 6.38. The van der Waals surface area contributed by atoms with E-state index >= 15 is 0 Å². The standard InChI is InChI=1S/C16H16FNO/c1-10-7-8-13(17)12-9-14(18-16(10)12)11-5-3-4-6-15(11)19-2/h3-8,14,18H,9H2,1-2H3. The molecule has 3 rings (SSSR count). The maximum atomic E-state index is 13.9. The van der Waals surface area contributed by atoms with Crippen LogP contribution in [0, 0.1) is 12.7 Å². The predicted octanol–water partition coefficient (Wildman–Crippen LogP) is 3.85. The van der Waals surface area contributed by atoms with Gasteiger partial charge in [0.25, 0.3) is 0 Å². The second-order valence-electron chi connectivity index (χ2n) is 4.86. The molecule has 2 nitrogen and oxygen atoms in total. The van der Waals surface area contributed by atoms with Crippen molar-refractivity contribution in [2.45, 2.75) is 19.4 Å². The third-order valence-corrected chi connectivity index (χ3v) is 3.71. The highest BCUT2D eigenvalue weighted by Gasteiger charge is 2.27. The van der Waals surface area contributed by atoms with Crippen LogP contribution in [0.1, 0.15) is 22.7 Å². The summed E-state index contributed by atoms with van der Waals surface area (Å²) in [6.45, 7) is 2.00. The number of ether oxygens (including phenoxy) is 1. The fourth-order valence-corrected chi connectivity index (χ4v) is 2.71. The van der Waals surface area contributed by atoms with Crippen LogP contribution in [0.5, 0.6) is 5.75 Å².